The Labute approximate surface area is 144 Å². The molecule has 1 saturated heterocycles. The SMILES string of the molecule is Cc1[nH]ccc1C(=O)N1CCNC(=O)[C@@H]1Cc1nc2ccccc2o1. The maximum atomic E-state index is 12.9. The first-order chi connectivity index (χ1) is 12.1. The lowest BCUT2D eigenvalue weighted by molar-refractivity contribution is -0.127. The number of nitrogens with one attached hydrogen (secondary N) is 2. The molecule has 1 aromatic carbocycles. The predicted molar refractivity (Wildman–Crippen MR) is 91.1 cm³/mol. The maximum absolute atomic E-state index is 12.9. The number of piperazine rings is 1. The standard InChI is InChI=1S/C18H18N4O3/c1-11-12(6-7-19-11)18(24)22-9-8-20-17(23)14(22)10-16-21-13-4-2-3-5-15(13)25-16/h2-7,14,19H,8-10H2,1H3,(H,20,23)/t14-/m0/s1. The molecular formula is C18H18N4O3. The summed E-state index contributed by atoms with van der Waals surface area (Å²) in [5.41, 5.74) is 2.79. The van der Waals surface area contributed by atoms with Gasteiger partial charge < -0.3 is 19.6 Å². The smallest absolute Gasteiger partial charge is 0.256 e. The van der Waals surface area contributed by atoms with E-state index in [2.05, 4.69) is 15.3 Å². The second-order valence-electron chi connectivity index (χ2n) is 6.10. The van der Waals surface area contributed by atoms with Crippen LogP contribution in [-0.2, 0) is 11.2 Å². The van der Waals surface area contributed by atoms with Gasteiger partial charge in [0.1, 0.15) is 11.6 Å². The fourth-order valence-electron chi connectivity index (χ4n) is 3.17. The third-order valence-electron chi connectivity index (χ3n) is 4.48. The number of hydrogen-bond donors (Lipinski definition) is 2. The number of benzene rings is 1. The highest BCUT2D eigenvalue weighted by molar-refractivity contribution is 5.99. The fourth-order valence-corrected chi connectivity index (χ4v) is 3.17. The molecule has 1 fully saturated rings. The highest BCUT2D eigenvalue weighted by Crippen LogP contribution is 2.20. The molecule has 0 bridgehead atoms. The molecule has 0 saturated carbocycles. The number of fused-ring (bicyclic) bond motifs is 1. The van der Waals surface area contributed by atoms with Gasteiger partial charge >= 0.3 is 0 Å². The maximum Gasteiger partial charge on any atom is 0.256 e. The predicted octanol–water partition coefficient (Wildman–Crippen LogP) is 1.65. The van der Waals surface area contributed by atoms with E-state index in [4.69, 9.17) is 4.42 Å². The van der Waals surface area contributed by atoms with E-state index in [0.29, 0.717) is 30.1 Å². The molecular weight excluding hydrogens is 320 g/mol. The van der Waals surface area contributed by atoms with Gasteiger partial charge in [-0.1, -0.05) is 12.1 Å². The Bertz CT molecular complexity index is 910. The van der Waals surface area contributed by atoms with Crippen LogP contribution in [0.3, 0.4) is 0 Å². The van der Waals surface area contributed by atoms with Crippen molar-refractivity contribution >= 4 is 22.9 Å². The average molecular weight is 338 g/mol. The summed E-state index contributed by atoms with van der Waals surface area (Å²) in [7, 11) is 0. The number of hydrogen-bond acceptors (Lipinski definition) is 4. The molecule has 1 atom stereocenters. The van der Waals surface area contributed by atoms with Crippen molar-refractivity contribution in [3.05, 3.63) is 53.7 Å². The highest BCUT2D eigenvalue weighted by Gasteiger charge is 2.35. The van der Waals surface area contributed by atoms with Gasteiger partial charge in [-0.3, -0.25) is 9.59 Å². The van der Waals surface area contributed by atoms with Gasteiger partial charge in [0, 0.05) is 25.0 Å². The second kappa shape index (κ2) is 6.08. The highest BCUT2D eigenvalue weighted by atomic mass is 16.3. The summed E-state index contributed by atoms with van der Waals surface area (Å²) < 4.78 is 5.73. The first-order valence-electron chi connectivity index (χ1n) is 8.20. The molecule has 128 valence electrons. The van der Waals surface area contributed by atoms with Crippen molar-refractivity contribution in [2.75, 3.05) is 13.1 Å². The number of amides is 2. The summed E-state index contributed by atoms with van der Waals surface area (Å²) in [4.78, 5) is 34.3. The van der Waals surface area contributed by atoms with Crippen LogP contribution in [0.1, 0.15) is 21.9 Å². The van der Waals surface area contributed by atoms with Crippen LogP contribution in [0.25, 0.3) is 11.1 Å². The van der Waals surface area contributed by atoms with Crippen molar-refractivity contribution in [1.29, 1.82) is 0 Å². The molecule has 3 heterocycles. The minimum atomic E-state index is -0.636. The van der Waals surface area contributed by atoms with E-state index < -0.39 is 6.04 Å². The first-order valence-corrected chi connectivity index (χ1v) is 8.20. The van der Waals surface area contributed by atoms with E-state index >= 15 is 0 Å². The average Bonchev–Trinajstić information content (AvgIpc) is 3.21. The summed E-state index contributed by atoms with van der Waals surface area (Å²) in [6.45, 7) is 2.74. The molecule has 0 spiro atoms. The van der Waals surface area contributed by atoms with E-state index in [-0.39, 0.29) is 18.2 Å². The topological polar surface area (TPSA) is 91.2 Å². The van der Waals surface area contributed by atoms with Gasteiger partial charge in [-0.25, -0.2) is 4.98 Å². The Hall–Kier alpha value is -3.09. The number of aromatic amines is 1. The van der Waals surface area contributed by atoms with Crippen molar-refractivity contribution in [2.24, 2.45) is 0 Å². The van der Waals surface area contributed by atoms with Crippen molar-refractivity contribution in [3.8, 4) is 0 Å². The molecule has 1 aliphatic rings. The van der Waals surface area contributed by atoms with E-state index in [9.17, 15) is 9.59 Å². The number of aryl methyl sites for hydroxylation is 1. The summed E-state index contributed by atoms with van der Waals surface area (Å²) in [6, 6.07) is 8.54. The lowest BCUT2D eigenvalue weighted by Crippen LogP contribution is -2.58. The molecule has 2 N–H and O–H groups in total. The molecule has 4 rings (SSSR count). The molecule has 25 heavy (non-hydrogen) atoms. The van der Waals surface area contributed by atoms with Crippen LogP contribution >= 0.6 is 0 Å². The minimum absolute atomic E-state index is 0.158. The number of rotatable bonds is 3. The van der Waals surface area contributed by atoms with Crippen LogP contribution in [0.4, 0.5) is 0 Å². The molecule has 1 aliphatic heterocycles. The molecule has 7 nitrogen and oxygen atoms in total. The van der Waals surface area contributed by atoms with Gasteiger partial charge in [-0.05, 0) is 25.1 Å². The van der Waals surface area contributed by atoms with E-state index in [1.54, 1.807) is 17.2 Å². The minimum Gasteiger partial charge on any atom is -0.441 e. The van der Waals surface area contributed by atoms with Crippen LogP contribution in [0.2, 0.25) is 0 Å². The molecule has 2 amide bonds. The summed E-state index contributed by atoms with van der Waals surface area (Å²) in [6.07, 6.45) is 1.97. The number of carbonyl (C=O) groups is 2. The van der Waals surface area contributed by atoms with Crippen LogP contribution < -0.4 is 5.32 Å². The van der Waals surface area contributed by atoms with Crippen molar-refractivity contribution in [3.63, 3.8) is 0 Å². The zero-order valence-electron chi connectivity index (χ0n) is 13.8. The third-order valence-corrected chi connectivity index (χ3v) is 4.48. The van der Waals surface area contributed by atoms with E-state index in [1.807, 2.05) is 31.2 Å². The zero-order chi connectivity index (χ0) is 17.4. The molecule has 0 radical (unpaired) electrons. The normalized spacial score (nSPS) is 17.7. The van der Waals surface area contributed by atoms with Crippen LogP contribution in [0.15, 0.2) is 40.9 Å². The lowest BCUT2D eigenvalue weighted by Gasteiger charge is -2.34. The monoisotopic (exact) mass is 338 g/mol. The molecule has 0 unspecified atom stereocenters. The lowest BCUT2D eigenvalue weighted by atomic mass is 10.1. The summed E-state index contributed by atoms with van der Waals surface area (Å²) in [5.74, 6) is 0.108. The Morgan fingerprint density at radius 1 is 1.36 bits per heavy atom. The van der Waals surface area contributed by atoms with E-state index in [0.717, 1.165) is 11.2 Å². The second-order valence-corrected chi connectivity index (χ2v) is 6.10. The molecule has 2 aromatic heterocycles. The van der Waals surface area contributed by atoms with Crippen molar-refractivity contribution in [2.45, 2.75) is 19.4 Å². The fraction of sp³-hybridized carbons (Fsp3) is 0.278. The van der Waals surface area contributed by atoms with Crippen LogP contribution in [0.5, 0.6) is 0 Å². The Morgan fingerprint density at radius 3 is 2.96 bits per heavy atom. The number of H-pyrrole nitrogens is 1. The van der Waals surface area contributed by atoms with Gasteiger partial charge in [0.15, 0.2) is 11.5 Å². The number of para-hydroxylation sites is 2. The Morgan fingerprint density at radius 2 is 2.20 bits per heavy atom. The quantitative estimate of drug-likeness (QED) is 0.760. The molecule has 3 aromatic rings. The van der Waals surface area contributed by atoms with E-state index in [1.165, 1.54) is 0 Å². The number of carbonyl (C=O) groups excluding carboxylic acids is 2. The number of aromatic nitrogens is 2. The van der Waals surface area contributed by atoms with Gasteiger partial charge in [0.25, 0.3) is 5.91 Å². The van der Waals surface area contributed by atoms with Crippen molar-refractivity contribution in [1.82, 2.24) is 20.2 Å². The van der Waals surface area contributed by atoms with Gasteiger partial charge in [-0.15, -0.1) is 0 Å². The first kappa shape index (κ1) is 15.4. The Kier molecular flexibility index (Phi) is 3.76. The van der Waals surface area contributed by atoms with Crippen LogP contribution in [-0.4, -0.2) is 45.8 Å². The van der Waals surface area contributed by atoms with Crippen molar-refractivity contribution < 1.29 is 14.0 Å². The van der Waals surface area contributed by atoms with Crippen LogP contribution in [0, 0.1) is 6.92 Å². The number of oxazole rings is 1. The molecule has 7 heteroatoms. The molecule has 0 aliphatic carbocycles. The largest absolute Gasteiger partial charge is 0.441 e. The Balaban J connectivity index is 1.63. The van der Waals surface area contributed by atoms with Gasteiger partial charge in [0.05, 0.1) is 12.0 Å². The third kappa shape index (κ3) is 2.77. The zero-order valence-corrected chi connectivity index (χ0v) is 13.8. The van der Waals surface area contributed by atoms with Gasteiger partial charge in [-0.2, -0.15) is 0 Å². The van der Waals surface area contributed by atoms with Gasteiger partial charge in [0.2, 0.25) is 5.91 Å². The number of nitrogens with zero attached hydrogens (tertiary/aromatic N) is 2. The summed E-state index contributed by atoms with van der Waals surface area (Å²) in [5, 5.41) is 2.82. The summed E-state index contributed by atoms with van der Waals surface area (Å²) >= 11 is 0.